The lowest BCUT2D eigenvalue weighted by Gasteiger charge is -2.35. The Labute approximate surface area is 178 Å². The largest absolute Gasteiger partial charge is 0.495 e. The van der Waals surface area contributed by atoms with E-state index in [4.69, 9.17) is 9.47 Å². The topological polar surface area (TPSA) is 37.3 Å². The molecule has 5 nitrogen and oxygen atoms in total. The predicted molar refractivity (Wildman–Crippen MR) is 122 cm³/mol. The quantitative estimate of drug-likeness (QED) is 0.549. The second-order valence-electron chi connectivity index (χ2n) is 7.20. The lowest BCUT2D eigenvalue weighted by Crippen LogP contribution is -2.44. The Balaban J connectivity index is 1.27. The summed E-state index contributed by atoms with van der Waals surface area (Å²) in [7, 11) is 1.72. The van der Waals surface area contributed by atoms with E-state index in [9.17, 15) is 0 Å². The van der Waals surface area contributed by atoms with Crippen LogP contribution in [-0.4, -0.2) is 44.5 Å². The van der Waals surface area contributed by atoms with E-state index in [1.54, 1.807) is 7.11 Å². The Morgan fingerprint density at radius 3 is 2.27 bits per heavy atom. The molecule has 3 aromatic carbocycles. The number of piperazine rings is 1. The molecule has 0 aliphatic carbocycles. The van der Waals surface area contributed by atoms with Gasteiger partial charge < -0.3 is 14.4 Å². The minimum absolute atomic E-state index is 0.574. The molecule has 5 heteroatoms. The van der Waals surface area contributed by atoms with Gasteiger partial charge in [0.05, 0.1) is 32.1 Å². The van der Waals surface area contributed by atoms with E-state index in [2.05, 4.69) is 39.3 Å². The zero-order chi connectivity index (χ0) is 20.6. The van der Waals surface area contributed by atoms with Crippen molar-refractivity contribution in [2.75, 3.05) is 38.2 Å². The van der Waals surface area contributed by atoms with E-state index >= 15 is 0 Å². The molecular weight excluding hydrogens is 374 g/mol. The van der Waals surface area contributed by atoms with Crippen LogP contribution >= 0.6 is 0 Å². The highest BCUT2D eigenvalue weighted by molar-refractivity contribution is 5.79. The fourth-order valence-electron chi connectivity index (χ4n) is 3.48. The molecule has 0 bridgehead atoms. The van der Waals surface area contributed by atoms with Gasteiger partial charge in [-0.3, -0.25) is 5.01 Å². The molecule has 1 saturated heterocycles. The Kier molecular flexibility index (Phi) is 6.50. The smallest absolute Gasteiger partial charge is 0.142 e. The molecule has 0 atom stereocenters. The van der Waals surface area contributed by atoms with Crippen LogP contribution in [0.2, 0.25) is 0 Å². The second-order valence-corrected chi connectivity index (χ2v) is 7.20. The van der Waals surface area contributed by atoms with Crippen LogP contribution in [0, 0.1) is 0 Å². The first-order valence-corrected chi connectivity index (χ1v) is 10.3. The molecule has 1 heterocycles. The third-order valence-corrected chi connectivity index (χ3v) is 5.18. The standard InChI is InChI=1S/C25H27N3O2/c1-29-25-10-6-5-9-24(25)27-15-17-28(18-16-27)26-19-21-11-13-23(14-12-21)30-20-22-7-3-2-4-8-22/h2-14,19H,15-18,20H2,1H3. The summed E-state index contributed by atoms with van der Waals surface area (Å²) in [4.78, 5) is 2.35. The SMILES string of the molecule is COc1ccccc1N1CCN(N=Cc2ccc(OCc3ccccc3)cc2)CC1. The van der Waals surface area contributed by atoms with Crippen LogP contribution in [0.3, 0.4) is 0 Å². The number of para-hydroxylation sites is 2. The van der Waals surface area contributed by atoms with Crippen LogP contribution in [0.4, 0.5) is 5.69 Å². The molecule has 4 rings (SSSR count). The van der Waals surface area contributed by atoms with Gasteiger partial charge in [-0.25, -0.2) is 0 Å². The van der Waals surface area contributed by atoms with Crippen molar-refractivity contribution in [2.24, 2.45) is 5.10 Å². The van der Waals surface area contributed by atoms with Crippen LogP contribution in [-0.2, 0) is 6.61 Å². The van der Waals surface area contributed by atoms with Gasteiger partial charge in [0.1, 0.15) is 18.1 Å². The summed E-state index contributed by atoms with van der Waals surface area (Å²) in [5.74, 6) is 1.78. The summed E-state index contributed by atoms with van der Waals surface area (Å²) >= 11 is 0. The van der Waals surface area contributed by atoms with Gasteiger partial charge in [0.2, 0.25) is 0 Å². The Hall–Kier alpha value is -3.47. The van der Waals surface area contributed by atoms with Crippen molar-refractivity contribution in [1.82, 2.24) is 5.01 Å². The van der Waals surface area contributed by atoms with Crippen molar-refractivity contribution in [3.63, 3.8) is 0 Å². The molecule has 0 aromatic heterocycles. The third-order valence-electron chi connectivity index (χ3n) is 5.18. The van der Waals surface area contributed by atoms with E-state index in [-0.39, 0.29) is 0 Å². The number of methoxy groups -OCH3 is 1. The summed E-state index contributed by atoms with van der Waals surface area (Å²) < 4.78 is 11.3. The van der Waals surface area contributed by atoms with Crippen molar-refractivity contribution < 1.29 is 9.47 Å². The van der Waals surface area contributed by atoms with Crippen molar-refractivity contribution >= 4 is 11.9 Å². The fourth-order valence-corrected chi connectivity index (χ4v) is 3.48. The van der Waals surface area contributed by atoms with Crippen LogP contribution < -0.4 is 14.4 Å². The number of hydrazone groups is 1. The molecule has 30 heavy (non-hydrogen) atoms. The molecule has 0 amide bonds. The predicted octanol–water partition coefficient (Wildman–Crippen LogP) is 4.43. The maximum atomic E-state index is 5.84. The van der Waals surface area contributed by atoms with E-state index in [0.717, 1.165) is 54.5 Å². The highest BCUT2D eigenvalue weighted by Gasteiger charge is 2.18. The molecular formula is C25H27N3O2. The second kappa shape index (κ2) is 9.83. The van der Waals surface area contributed by atoms with Crippen LogP contribution in [0.5, 0.6) is 11.5 Å². The number of ether oxygens (including phenoxy) is 2. The summed E-state index contributed by atoms with van der Waals surface area (Å²) in [6, 6.07) is 26.4. The average molecular weight is 402 g/mol. The van der Waals surface area contributed by atoms with Crippen LogP contribution in [0.1, 0.15) is 11.1 Å². The highest BCUT2D eigenvalue weighted by atomic mass is 16.5. The molecule has 1 aliphatic rings. The van der Waals surface area contributed by atoms with Gasteiger partial charge in [0, 0.05) is 13.1 Å². The van der Waals surface area contributed by atoms with Gasteiger partial charge in [-0.05, 0) is 47.5 Å². The van der Waals surface area contributed by atoms with Crippen LogP contribution in [0.15, 0.2) is 84.0 Å². The third kappa shape index (κ3) is 5.11. The fraction of sp³-hybridized carbons (Fsp3) is 0.240. The summed E-state index contributed by atoms with van der Waals surface area (Å²) in [6.07, 6.45) is 1.92. The number of hydrogen-bond donors (Lipinski definition) is 0. The highest BCUT2D eigenvalue weighted by Crippen LogP contribution is 2.28. The molecule has 154 valence electrons. The Bertz CT molecular complexity index is 950. The average Bonchev–Trinajstić information content (AvgIpc) is 2.83. The molecule has 1 aliphatic heterocycles. The maximum absolute atomic E-state index is 5.84. The normalized spacial score (nSPS) is 14.2. The van der Waals surface area contributed by atoms with Crippen molar-refractivity contribution in [3.05, 3.63) is 90.0 Å². The van der Waals surface area contributed by atoms with Gasteiger partial charge in [0.15, 0.2) is 0 Å². The molecule has 1 fully saturated rings. The summed E-state index contributed by atoms with van der Waals surface area (Å²) in [6.45, 7) is 4.18. The Morgan fingerprint density at radius 2 is 1.53 bits per heavy atom. The van der Waals surface area contributed by atoms with E-state index in [1.165, 1.54) is 0 Å². The van der Waals surface area contributed by atoms with Crippen molar-refractivity contribution in [3.8, 4) is 11.5 Å². The van der Waals surface area contributed by atoms with Crippen molar-refractivity contribution in [2.45, 2.75) is 6.61 Å². The maximum Gasteiger partial charge on any atom is 0.142 e. The van der Waals surface area contributed by atoms with Crippen molar-refractivity contribution in [1.29, 1.82) is 0 Å². The minimum atomic E-state index is 0.574. The monoisotopic (exact) mass is 401 g/mol. The zero-order valence-corrected chi connectivity index (χ0v) is 17.3. The van der Waals surface area contributed by atoms with Gasteiger partial charge in [0.25, 0.3) is 0 Å². The molecule has 3 aromatic rings. The van der Waals surface area contributed by atoms with E-state index in [1.807, 2.05) is 60.8 Å². The van der Waals surface area contributed by atoms with Gasteiger partial charge in [-0.2, -0.15) is 5.10 Å². The first-order chi connectivity index (χ1) is 14.8. The van der Waals surface area contributed by atoms with Gasteiger partial charge >= 0.3 is 0 Å². The van der Waals surface area contributed by atoms with Crippen LogP contribution in [0.25, 0.3) is 0 Å². The van der Waals surface area contributed by atoms with E-state index < -0.39 is 0 Å². The number of rotatable bonds is 7. The zero-order valence-electron chi connectivity index (χ0n) is 17.3. The molecule has 0 spiro atoms. The Morgan fingerprint density at radius 1 is 0.833 bits per heavy atom. The minimum Gasteiger partial charge on any atom is -0.495 e. The molecule has 0 unspecified atom stereocenters. The molecule has 0 N–H and O–H groups in total. The van der Waals surface area contributed by atoms with Gasteiger partial charge in [-0.15, -0.1) is 0 Å². The number of hydrogen-bond acceptors (Lipinski definition) is 5. The first kappa shape index (κ1) is 19.8. The summed E-state index contributed by atoms with van der Waals surface area (Å²) in [5.41, 5.74) is 3.37. The summed E-state index contributed by atoms with van der Waals surface area (Å²) in [5, 5.41) is 6.77. The lowest BCUT2D eigenvalue weighted by atomic mass is 10.2. The molecule has 0 radical (unpaired) electrons. The number of nitrogens with zero attached hydrogens (tertiary/aromatic N) is 3. The first-order valence-electron chi connectivity index (χ1n) is 10.3. The van der Waals surface area contributed by atoms with Gasteiger partial charge in [-0.1, -0.05) is 42.5 Å². The van der Waals surface area contributed by atoms with E-state index in [0.29, 0.717) is 6.61 Å². The lowest BCUT2D eigenvalue weighted by molar-refractivity contribution is 0.271. The number of anilines is 1. The molecule has 0 saturated carbocycles. The number of benzene rings is 3.